The Morgan fingerprint density at radius 3 is 2.10 bits per heavy atom. The first-order valence-corrected chi connectivity index (χ1v) is 12.0. The van der Waals surface area contributed by atoms with E-state index in [0.29, 0.717) is 5.41 Å². The van der Waals surface area contributed by atoms with Crippen LogP contribution in [0.2, 0.25) is 19.6 Å². The van der Waals surface area contributed by atoms with Crippen molar-refractivity contribution in [3.05, 3.63) is 41.6 Å². The number of unbranched alkanes of at least 4 members (excludes halogenated alkanes) is 2. The van der Waals surface area contributed by atoms with Gasteiger partial charge in [0.25, 0.3) is 0 Å². The number of allylic oxidation sites excluding steroid dienone is 1. The molecule has 0 N–H and O–H groups in total. The molecule has 1 aromatic rings. The molecule has 118 valence electrons. The van der Waals surface area contributed by atoms with E-state index in [1.807, 2.05) is 0 Å². The van der Waals surface area contributed by atoms with Gasteiger partial charge in [0.2, 0.25) is 0 Å². The third-order valence-corrected chi connectivity index (χ3v) is 4.84. The zero-order valence-corrected chi connectivity index (χ0v) is 16.0. The fraction of sp³-hybridized carbons (Fsp3) is 0.600. The van der Waals surface area contributed by atoms with E-state index in [1.54, 1.807) is 5.57 Å². The van der Waals surface area contributed by atoms with Gasteiger partial charge < -0.3 is 0 Å². The quantitative estimate of drug-likeness (QED) is 0.378. The molecule has 0 atom stereocenters. The molecule has 1 heteroatoms. The number of hydrogen-bond donors (Lipinski definition) is 0. The van der Waals surface area contributed by atoms with E-state index in [1.165, 1.54) is 37.7 Å². The van der Waals surface area contributed by atoms with E-state index in [0.717, 1.165) is 0 Å². The zero-order valence-electron chi connectivity index (χ0n) is 15.0. The van der Waals surface area contributed by atoms with E-state index in [2.05, 4.69) is 76.4 Å². The monoisotopic (exact) mass is 302 g/mol. The van der Waals surface area contributed by atoms with Crippen molar-refractivity contribution < 1.29 is 0 Å². The highest BCUT2D eigenvalue weighted by Gasteiger charge is 2.13. The first-order valence-electron chi connectivity index (χ1n) is 8.45. The van der Waals surface area contributed by atoms with Gasteiger partial charge in [-0.2, -0.15) is 0 Å². The lowest BCUT2D eigenvalue weighted by atomic mass is 9.89. The van der Waals surface area contributed by atoms with Crippen molar-refractivity contribution in [3.63, 3.8) is 0 Å². The van der Waals surface area contributed by atoms with Crippen LogP contribution < -0.4 is 0 Å². The molecule has 0 radical (unpaired) electrons. The SMILES string of the molecule is CC(C)(C)CCCCC/C(=C\[Si](C)(C)C)c1ccccc1. The molecule has 0 unspecified atom stereocenters. The summed E-state index contributed by atoms with van der Waals surface area (Å²) < 4.78 is 0. The summed E-state index contributed by atoms with van der Waals surface area (Å²) in [6.45, 7) is 14.3. The maximum absolute atomic E-state index is 2.59. The van der Waals surface area contributed by atoms with Crippen LogP contribution >= 0.6 is 0 Å². The van der Waals surface area contributed by atoms with Gasteiger partial charge in [0.15, 0.2) is 0 Å². The van der Waals surface area contributed by atoms with E-state index in [4.69, 9.17) is 0 Å². The Balaban J connectivity index is 2.58. The molecule has 0 aliphatic carbocycles. The van der Waals surface area contributed by atoms with Gasteiger partial charge in [0, 0.05) is 0 Å². The van der Waals surface area contributed by atoms with Crippen molar-refractivity contribution in [2.45, 2.75) is 72.5 Å². The number of rotatable bonds is 7. The summed E-state index contributed by atoms with van der Waals surface area (Å²) in [7, 11) is -1.16. The maximum atomic E-state index is 2.59. The highest BCUT2D eigenvalue weighted by molar-refractivity contribution is 6.81. The van der Waals surface area contributed by atoms with Gasteiger partial charge >= 0.3 is 0 Å². The van der Waals surface area contributed by atoms with Crippen LogP contribution in [0.25, 0.3) is 5.57 Å². The maximum Gasteiger partial charge on any atom is 0.0690 e. The Labute approximate surface area is 133 Å². The second-order valence-electron chi connectivity index (χ2n) is 8.52. The minimum absolute atomic E-state index is 0.483. The molecule has 0 saturated carbocycles. The van der Waals surface area contributed by atoms with Gasteiger partial charge in [-0.15, -0.1) is 0 Å². The second-order valence-corrected chi connectivity index (χ2v) is 13.5. The third-order valence-electron chi connectivity index (χ3n) is 3.62. The summed E-state index contributed by atoms with van der Waals surface area (Å²) in [6, 6.07) is 11.0. The molecule has 0 aliphatic rings. The first kappa shape index (κ1) is 18.2. The van der Waals surface area contributed by atoms with E-state index in [-0.39, 0.29) is 0 Å². The number of hydrogen-bond acceptors (Lipinski definition) is 0. The molecule has 1 aromatic carbocycles. The van der Waals surface area contributed by atoms with E-state index in [9.17, 15) is 0 Å². The van der Waals surface area contributed by atoms with Crippen LogP contribution in [0.3, 0.4) is 0 Å². The average Bonchev–Trinajstić information content (AvgIpc) is 2.35. The molecular formula is C20H34Si. The summed E-state index contributed by atoms with van der Waals surface area (Å²) in [5, 5.41) is 0. The van der Waals surface area contributed by atoms with Crippen LogP contribution in [0.15, 0.2) is 36.0 Å². The molecule has 0 fully saturated rings. The summed E-state index contributed by atoms with van der Waals surface area (Å²) in [4.78, 5) is 0. The predicted octanol–water partition coefficient (Wildman–Crippen LogP) is 6.94. The first-order chi connectivity index (χ1) is 9.67. The topological polar surface area (TPSA) is 0 Å². The minimum atomic E-state index is -1.16. The lowest BCUT2D eigenvalue weighted by Crippen LogP contribution is -2.16. The van der Waals surface area contributed by atoms with Crippen LogP contribution in [0, 0.1) is 5.41 Å². The molecule has 0 aromatic heterocycles. The molecule has 0 nitrogen and oxygen atoms in total. The Kier molecular flexibility index (Phi) is 6.93. The molecule has 1 rings (SSSR count). The lowest BCUT2D eigenvalue weighted by molar-refractivity contribution is 0.358. The fourth-order valence-corrected chi connectivity index (χ4v) is 3.98. The average molecular weight is 303 g/mol. The van der Waals surface area contributed by atoms with Gasteiger partial charge in [-0.3, -0.25) is 0 Å². The van der Waals surface area contributed by atoms with Gasteiger partial charge in [-0.05, 0) is 35.8 Å². The third kappa shape index (κ3) is 8.93. The van der Waals surface area contributed by atoms with Crippen LogP contribution in [-0.4, -0.2) is 8.07 Å². The predicted molar refractivity (Wildman–Crippen MR) is 100 cm³/mol. The minimum Gasteiger partial charge on any atom is -0.0913 e. The molecule has 0 saturated heterocycles. The van der Waals surface area contributed by atoms with Crippen LogP contribution in [0.1, 0.15) is 58.4 Å². The summed E-state index contributed by atoms with van der Waals surface area (Å²) in [5.74, 6) is 0. The largest absolute Gasteiger partial charge is 0.0913 e. The van der Waals surface area contributed by atoms with Crippen molar-refractivity contribution >= 4 is 13.6 Å². The lowest BCUT2D eigenvalue weighted by Gasteiger charge is -2.18. The van der Waals surface area contributed by atoms with Gasteiger partial charge in [-0.25, -0.2) is 0 Å². The highest BCUT2D eigenvalue weighted by atomic mass is 28.3. The fourth-order valence-electron chi connectivity index (χ4n) is 2.62. The molecular weight excluding hydrogens is 268 g/mol. The molecule has 21 heavy (non-hydrogen) atoms. The van der Waals surface area contributed by atoms with Crippen molar-refractivity contribution in [1.82, 2.24) is 0 Å². The van der Waals surface area contributed by atoms with Crippen molar-refractivity contribution in [1.29, 1.82) is 0 Å². The summed E-state index contributed by atoms with van der Waals surface area (Å²) >= 11 is 0. The van der Waals surface area contributed by atoms with Crippen LogP contribution in [0.5, 0.6) is 0 Å². The molecule has 0 amide bonds. The van der Waals surface area contributed by atoms with Gasteiger partial charge in [-0.1, -0.05) is 89.3 Å². The summed E-state index contributed by atoms with van der Waals surface area (Å²) in [6.07, 6.45) is 6.61. The van der Waals surface area contributed by atoms with E-state index >= 15 is 0 Å². The van der Waals surface area contributed by atoms with Crippen LogP contribution in [0.4, 0.5) is 0 Å². The second kappa shape index (κ2) is 7.98. The van der Waals surface area contributed by atoms with Gasteiger partial charge in [0.05, 0.1) is 8.07 Å². The summed E-state index contributed by atoms with van der Waals surface area (Å²) in [5.41, 5.74) is 6.07. The normalized spacial score (nSPS) is 13.5. The Hall–Kier alpha value is -0.823. The van der Waals surface area contributed by atoms with E-state index < -0.39 is 8.07 Å². The standard InChI is InChI=1S/C20H34Si/c1-20(2,3)16-12-8-11-15-19(17-21(4,5)6)18-13-9-7-10-14-18/h7,9-10,13-14,17H,8,11-12,15-16H2,1-6H3/b19-17+. The van der Waals surface area contributed by atoms with Crippen molar-refractivity contribution in [2.75, 3.05) is 0 Å². The van der Waals surface area contributed by atoms with Crippen molar-refractivity contribution in [2.24, 2.45) is 5.41 Å². The molecule has 0 aliphatic heterocycles. The molecule has 0 spiro atoms. The molecule has 0 heterocycles. The Morgan fingerprint density at radius 2 is 1.57 bits per heavy atom. The Morgan fingerprint density at radius 1 is 0.952 bits per heavy atom. The molecule has 0 bridgehead atoms. The van der Waals surface area contributed by atoms with Gasteiger partial charge in [0.1, 0.15) is 0 Å². The van der Waals surface area contributed by atoms with Crippen molar-refractivity contribution in [3.8, 4) is 0 Å². The zero-order chi connectivity index (χ0) is 15.9. The van der Waals surface area contributed by atoms with Crippen LogP contribution in [-0.2, 0) is 0 Å². The highest BCUT2D eigenvalue weighted by Crippen LogP contribution is 2.26. The number of benzene rings is 1. The smallest absolute Gasteiger partial charge is 0.0690 e. The Bertz CT molecular complexity index is 429.